The van der Waals surface area contributed by atoms with E-state index in [4.69, 9.17) is 9.47 Å². The molecule has 1 heterocycles. The molecular formula is C21H27N3O3. The summed E-state index contributed by atoms with van der Waals surface area (Å²) in [5.41, 5.74) is 3.12. The minimum absolute atomic E-state index is 0.117. The molecule has 6 heteroatoms. The highest BCUT2D eigenvalue weighted by atomic mass is 16.5. The molecule has 1 N–H and O–H groups in total. The smallest absolute Gasteiger partial charge is 0.322 e. The molecule has 0 aliphatic carbocycles. The molecule has 6 nitrogen and oxygen atoms in total. The molecule has 1 saturated heterocycles. The van der Waals surface area contributed by atoms with E-state index in [1.807, 2.05) is 4.90 Å². The van der Waals surface area contributed by atoms with E-state index >= 15 is 0 Å². The van der Waals surface area contributed by atoms with Gasteiger partial charge in [-0.1, -0.05) is 18.2 Å². The first-order chi connectivity index (χ1) is 13.1. The SMILES string of the molecule is COc1ccc(OC)c(NC(=O)N2CCCN(c3ccccc3C)CC2)c1. The van der Waals surface area contributed by atoms with Crippen molar-refractivity contribution in [3.63, 3.8) is 0 Å². The highest BCUT2D eigenvalue weighted by Gasteiger charge is 2.21. The van der Waals surface area contributed by atoms with Crippen molar-refractivity contribution >= 4 is 17.4 Å². The van der Waals surface area contributed by atoms with Crippen molar-refractivity contribution in [1.29, 1.82) is 0 Å². The Bertz CT molecular complexity index is 794. The predicted molar refractivity (Wildman–Crippen MR) is 108 cm³/mol. The number of aryl methyl sites for hydroxylation is 1. The predicted octanol–water partition coefficient (Wildman–Crippen LogP) is 3.76. The molecule has 1 aliphatic heterocycles. The van der Waals surface area contributed by atoms with E-state index in [9.17, 15) is 4.79 Å². The second-order valence-corrected chi connectivity index (χ2v) is 6.61. The first-order valence-electron chi connectivity index (χ1n) is 9.21. The fourth-order valence-corrected chi connectivity index (χ4v) is 3.39. The topological polar surface area (TPSA) is 54.0 Å². The molecule has 0 radical (unpaired) electrons. The number of hydrogen-bond donors (Lipinski definition) is 1. The van der Waals surface area contributed by atoms with Crippen LogP contribution in [-0.4, -0.2) is 51.3 Å². The molecule has 2 aromatic carbocycles. The van der Waals surface area contributed by atoms with E-state index < -0.39 is 0 Å². The van der Waals surface area contributed by atoms with Gasteiger partial charge in [0.25, 0.3) is 0 Å². The van der Waals surface area contributed by atoms with Gasteiger partial charge in [-0.3, -0.25) is 0 Å². The van der Waals surface area contributed by atoms with Gasteiger partial charge in [0.05, 0.1) is 19.9 Å². The van der Waals surface area contributed by atoms with Gasteiger partial charge in [0.1, 0.15) is 11.5 Å². The first-order valence-corrected chi connectivity index (χ1v) is 9.21. The zero-order valence-electron chi connectivity index (χ0n) is 16.2. The molecular weight excluding hydrogens is 342 g/mol. The van der Waals surface area contributed by atoms with Crippen LogP contribution in [0.25, 0.3) is 0 Å². The Kier molecular flexibility index (Phi) is 6.06. The van der Waals surface area contributed by atoms with Gasteiger partial charge in [-0.05, 0) is 37.1 Å². The van der Waals surface area contributed by atoms with Crippen LogP contribution in [0.2, 0.25) is 0 Å². The zero-order valence-corrected chi connectivity index (χ0v) is 16.2. The molecule has 27 heavy (non-hydrogen) atoms. The van der Waals surface area contributed by atoms with Gasteiger partial charge in [-0.25, -0.2) is 4.79 Å². The number of anilines is 2. The molecule has 0 aromatic heterocycles. The molecule has 1 fully saturated rings. The Hall–Kier alpha value is -2.89. The van der Waals surface area contributed by atoms with Crippen molar-refractivity contribution in [3.8, 4) is 11.5 Å². The summed E-state index contributed by atoms with van der Waals surface area (Å²) in [6.45, 7) is 5.28. The quantitative estimate of drug-likeness (QED) is 0.892. The number of methoxy groups -OCH3 is 2. The molecule has 1 aliphatic rings. The van der Waals surface area contributed by atoms with Crippen molar-refractivity contribution in [3.05, 3.63) is 48.0 Å². The van der Waals surface area contributed by atoms with Crippen molar-refractivity contribution < 1.29 is 14.3 Å². The number of amides is 2. The molecule has 2 aromatic rings. The van der Waals surface area contributed by atoms with Crippen LogP contribution in [0.1, 0.15) is 12.0 Å². The number of benzene rings is 2. The van der Waals surface area contributed by atoms with E-state index in [-0.39, 0.29) is 6.03 Å². The molecule has 0 spiro atoms. The maximum atomic E-state index is 12.8. The summed E-state index contributed by atoms with van der Waals surface area (Å²) < 4.78 is 10.6. The molecule has 3 rings (SSSR count). The number of carbonyl (C=O) groups is 1. The highest BCUT2D eigenvalue weighted by Crippen LogP contribution is 2.29. The number of rotatable bonds is 4. The molecule has 0 bridgehead atoms. The average Bonchev–Trinajstić information content (AvgIpc) is 2.94. The zero-order chi connectivity index (χ0) is 19.2. The van der Waals surface area contributed by atoms with Gasteiger partial charge in [0.15, 0.2) is 0 Å². The number of nitrogens with zero attached hydrogens (tertiary/aromatic N) is 2. The van der Waals surface area contributed by atoms with Gasteiger partial charge >= 0.3 is 6.03 Å². The molecule has 0 atom stereocenters. The number of urea groups is 1. The fourth-order valence-electron chi connectivity index (χ4n) is 3.39. The Morgan fingerprint density at radius 2 is 1.81 bits per heavy atom. The number of ether oxygens (including phenoxy) is 2. The summed E-state index contributed by atoms with van der Waals surface area (Å²) in [4.78, 5) is 17.0. The fraction of sp³-hybridized carbons (Fsp3) is 0.381. The van der Waals surface area contributed by atoms with Crippen LogP contribution >= 0.6 is 0 Å². The summed E-state index contributed by atoms with van der Waals surface area (Å²) in [5, 5.41) is 2.96. The minimum atomic E-state index is -0.117. The van der Waals surface area contributed by atoms with E-state index in [1.54, 1.807) is 32.4 Å². The Morgan fingerprint density at radius 3 is 2.56 bits per heavy atom. The second kappa shape index (κ2) is 8.66. The first kappa shape index (κ1) is 18.9. The molecule has 2 amide bonds. The van der Waals surface area contributed by atoms with Crippen molar-refractivity contribution in [2.75, 3.05) is 50.6 Å². The van der Waals surface area contributed by atoms with E-state index in [1.165, 1.54) is 11.3 Å². The van der Waals surface area contributed by atoms with Crippen molar-refractivity contribution in [1.82, 2.24) is 4.90 Å². The monoisotopic (exact) mass is 369 g/mol. The van der Waals surface area contributed by atoms with E-state index in [2.05, 4.69) is 41.4 Å². The largest absolute Gasteiger partial charge is 0.497 e. The lowest BCUT2D eigenvalue weighted by Gasteiger charge is -2.25. The normalized spacial score (nSPS) is 14.5. The van der Waals surface area contributed by atoms with Gasteiger partial charge in [0, 0.05) is 37.9 Å². The van der Waals surface area contributed by atoms with Crippen molar-refractivity contribution in [2.24, 2.45) is 0 Å². The second-order valence-electron chi connectivity index (χ2n) is 6.61. The number of hydrogen-bond acceptors (Lipinski definition) is 4. The number of nitrogens with one attached hydrogen (secondary N) is 1. The third-order valence-electron chi connectivity index (χ3n) is 4.89. The van der Waals surface area contributed by atoms with Gasteiger partial charge in [0.2, 0.25) is 0 Å². The van der Waals surface area contributed by atoms with Crippen LogP contribution in [0.4, 0.5) is 16.2 Å². The number of para-hydroxylation sites is 1. The minimum Gasteiger partial charge on any atom is -0.497 e. The van der Waals surface area contributed by atoms with Gasteiger partial charge in [-0.2, -0.15) is 0 Å². The van der Waals surface area contributed by atoms with Crippen LogP contribution < -0.4 is 19.7 Å². The van der Waals surface area contributed by atoms with Crippen LogP contribution in [0.3, 0.4) is 0 Å². The summed E-state index contributed by atoms with van der Waals surface area (Å²) in [7, 11) is 3.19. The van der Waals surface area contributed by atoms with Crippen LogP contribution in [0.15, 0.2) is 42.5 Å². The lowest BCUT2D eigenvalue weighted by atomic mass is 10.2. The summed E-state index contributed by atoms with van der Waals surface area (Å²) in [6.07, 6.45) is 0.928. The van der Waals surface area contributed by atoms with Crippen molar-refractivity contribution in [2.45, 2.75) is 13.3 Å². The third kappa shape index (κ3) is 4.45. The molecule has 0 saturated carbocycles. The third-order valence-corrected chi connectivity index (χ3v) is 4.89. The highest BCUT2D eigenvalue weighted by molar-refractivity contribution is 5.91. The number of carbonyl (C=O) groups excluding carboxylic acids is 1. The average molecular weight is 369 g/mol. The van der Waals surface area contributed by atoms with Gasteiger partial charge < -0.3 is 24.6 Å². The van der Waals surface area contributed by atoms with E-state index in [0.717, 1.165) is 26.1 Å². The summed E-state index contributed by atoms with van der Waals surface area (Å²) in [6, 6.07) is 13.6. The Labute approximate surface area is 160 Å². The summed E-state index contributed by atoms with van der Waals surface area (Å²) >= 11 is 0. The Balaban J connectivity index is 1.67. The maximum Gasteiger partial charge on any atom is 0.322 e. The van der Waals surface area contributed by atoms with Crippen LogP contribution in [0.5, 0.6) is 11.5 Å². The summed E-state index contributed by atoms with van der Waals surface area (Å²) in [5.74, 6) is 1.29. The van der Waals surface area contributed by atoms with E-state index in [0.29, 0.717) is 23.7 Å². The Morgan fingerprint density at radius 1 is 1.00 bits per heavy atom. The standard InChI is InChI=1S/C21H27N3O3/c1-16-7-4-5-8-19(16)23-11-6-12-24(14-13-23)21(25)22-18-15-17(26-2)9-10-20(18)27-3/h4-5,7-10,15H,6,11-14H2,1-3H3,(H,22,25). The van der Waals surface area contributed by atoms with Crippen LogP contribution in [-0.2, 0) is 0 Å². The molecule has 0 unspecified atom stereocenters. The van der Waals surface area contributed by atoms with Gasteiger partial charge in [-0.15, -0.1) is 0 Å². The lowest BCUT2D eigenvalue weighted by molar-refractivity contribution is 0.215. The maximum absolute atomic E-state index is 12.8. The molecule has 144 valence electrons. The lowest BCUT2D eigenvalue weighted by Crippen LogP contribution is -2.38. The van der Waals surface area contributed by atoms with Crippen LogP contribution in [0, 0.1) is 6.92 Å².